The fourth-order valence-electron chi connectivity index (χ4n) is 1.68. The molecule has 0 aliphatic rings. The van der Waals surface area contributed by atoms with Crippen LogP contribution in [0.25, 0.3) is 0 Å². The summed E-state index contributed by atoms with van der Waals surface area (Å²) in [5.74, 6) is -1.17. The van der Waals surface area contributed by atoms with E-state index in [1.165, 1.54) is 31.6 Å². The number of aliphatic carboxylic acids is 1. The van der Waals surface area contributed by atoms with Gasteiger partial charge in [-0.2, -0.15) is 0 Å². The maximum atomic E-state index is 11.7. The van der Waals surface area contributed by atoms with E-state index in [0.29, 0.717) is 0 Å². The Balaban J connectivity index is 2.71. The standard InChI is InChI=1S/C12H11N3O3/c1-12(10(16)17,9-5-2-3-6-13-9)15-8-4-7-14-11(15)18/h2-8H,1H3,(H,16,17). The van der Waals surface area contributed by atoms with Crippen molar-refractivity contribution in [2.24, 2.45) is 0 Å². The van der Waals surface area contributed by atoms with Crippen LogP contribution in [0.2, 0.25) is 0 Å². The topological polar surface area (TPSA) is 85.1 Å². The molecule has 0 saturated carbocycles. The summed E-state index contributed by atoms with van der Waals surface area (Å²) in [5, 5.41) is 9.44. The monoisotopic (exact) mass is 245 g/mol. The van der Waals surface area contributed by atoms with E-state index in [1.54, 1.807) is 18.2 Å². The highest BCUT2D eigenvalue weighted by atomic mass is 16.4. The van der Waals surface area contributed by atoms with Gasteiger partial charge in [-0.3, -0.25) is 9.55 Å². The molecule has 1 unspecified atom stereocenters. The van der Waals surface area contributed by atoms with Crippen molar-refractivity contribution in [3.63, 3.8) is 0 Å². The summed E-state index contributed by atoms with van der Waals surface area (Å²) in [6.07, 6.45) is 4.19. The van der Waals surface area contributed by atoms with Gasteiger partial charge in [0, 0.05) is 18.6 Å². The smallest absolute Gasteiger partial charge is 0.348 e. The van der Waals surface area contributed by atoms with Crippen molar-refractivity contribution in [2.75, 3.05) is 0 Å². The van der Waals surface area contributed by atoms with Crippen LogP contribution in [0.4, 0.5) is 0 Å². The zero-order chi connectivity index (χ0) is 13.2. The molecular weight excluding hydrogens is 234 g/mol. The largest absolute Gasteiger partial charge is 0.479 e. The number of carboxylic acid groups (broad SMARTS) is 1. The van der Waals surface area contributed by atoms with Gasteiger partial charge in [-0.15, -0.1) is 0 Å². The van der Waals surface area contributed by atoms with Crippen molar-refractivity contribution >= 4 is 5.97 Å². The second kappa shape index (κ2) is 4.40. The minimum absolute atomic E-state index is 0.271. The molecule has 0 saturated heterocycles. The van der Waals surface area contributed by atoms with Crippen LogP contribution in [0.3, 0.4) is 0 Å². The first-order valence-electron chi connectivity index (χ1n) is 5.26. The second-order valence-electron chi connectivity index (χ2n) is 3.86. The van der Waals surface area contributed by atoms with Crippen molar-refractivity contribution in [1.82, 2.24) is 14.5 Å². The molecule has 0 aliphatic heterocycles. The van der Waals surface area contributed by atoms with E-state index < -0.39 is 17.2 Å². The zero-order valence-corrected chi connectivity index (χ0v) is 9.65. The number of nitrogens with zero attached hydrogens (tertiary/aromatic N) is 3. The van der Waals surface area contributed by atoms with Crippen LogP contribution in [-0.2, 0) is 10.3 Å². The average molecular weight is 245 g/mol. The number of pyridine rings is 1. The average Bonchev–Trinajstić information content (AvgIpc) is 2.39. The summed E-state index contributed by atoms with van der Waals surface area (Å²) >= 11 is 0. The van der Waals surface area contributed by atoms with Crippen molar-refractivity contribution < 1.29 is 9.90 Å². The third kappa shape index (κ3) is 1.77. The van der Waals surface area contributed by atoms with Gasteiger partial charge < -0.3 is 5.11 Å². The molecule has 0 fully saturated rings. The van der Waals surface area contributed by atoms with Gasteiger partial charge in [-0.25, -0.2) is 14.6 Å². The molecule has 1 atom stereocenters. The van der Waals surface area contributed by atoms with Crippen molar-refractivity contribution in [3.05, 3.63) is 59.0 Å². The highest BCUT2D eigenvalue weighted by Gasteiger charge is 2.39. The first kappa shape index (κ1) is 12.0. The predicted octanol–water partition coefficient (Wildman–Crippen LogP) is 0.486. The van der Waals surface area contributed by atoms with Crippen LogP contribution in [0, 0.1) is 0 Å². The molecule has 6 nitrogen and oxygen atoms in total. The third-order valence-electron chi connectivity index (χ3n) is 2.77. The molecule has 2 heterocycles. The Bertz CT molecular complexity index is 624. The summed E-state index contributed by atoms with van der Waals surface area (Å²) in [7, 11) is 0. The molecule has 18 heavy (non-hydrogen) atoms. The zero-order valence-electron chi connectivity index (χ0n) is 9.65. The van der Waals surface area contributed by atoms with Gasteiger partial charge in [0.25, 0.3) is 0 Å². The summed E-state index contributed by atoms with van der Waals surface area (Å²) in [4.78, 5) is 30.8. The lowest BCUT2D eigenvalue weighted by Gasteiger charge is -2.26. The number of rotatable bonds is 3. The molecule has 2 aromatic rings. The normalized spacial score (nSPS) is 13.8. The molecule has 0 amide bonds. The van der Waals surface area contributed by atoms with Gasteiger partial charge in [0.1, 0.15) is 0 Å². The number of carboxylic acids is 1. The number of carbonyl (C=O) groups is 1. The summed E-state index contributed by atoms with van der Waals surface area (Å²) < 4.78 is 1.05. The number of hydrogen-bond donors (Lipinski definition) is 1. The third-order valence-corrected chi connectivity index (χ3v) is 2.77. The maximum Gasteiger partial charge on any atom is 0.348 e. The van der Waals surface area contributed by atoms with Crippen molar-refractivity contribution in [1.29, 1.82) is 0 Å². The fourth-order valence-corrected chi connectivity index (χ4v) is 1.68. The molecule has 0 aromatic carbocycles. The summed E-state index contributed by atoms with van der Waals surface area (Å²) in [5.41, 5.74) is -1.94. The molecule has 0 spiro atoms. The van der Waals surface area contributed by atoms with Crippen LogP contribution >= 0.6 is 0 Å². The van der Waals surface area contributed by atoms with E-state index in [9.17, 15) is 14.7 Å². The van der Waals surface area contributed by atoms with E-state index in [0.717, 1.165) is 4.57 Å². The van der Waals surface area contributed by atoms with Gasteiger partial charge in [0.2, 0.25) is 0 Å². The first-order valence-corrected chi connectivity index (χ1v) is 5.26. The molecule has 0 bridgehead atoms. The van der Waals surface area contributed by atoms with Crippen LogP contribution in [0.5, 0.6) is 0 Å². The Morgan fingerprint density at radius 1 is 1.28 bits per heavy atom. The lowest BCUT2D eigenvalue weighted by Crippen LogP contribution is -2.46. The Labute approximate surface area is 103 Å². The summed E-state index contributed by atoms with van der Waals surface area (Å²) in [6, 6.07) is 6.42. The van der Waals surface area contributed by atoms with E-state index >= 15 is 0 Å². The quantitative estimate of drug-likeness (QED) is 0.850. The highest BCUT2D eigenvalue weighted by Crippen LogP contribution is 2.22. The number of aromatic nitrogens is 3. The van der Waals surface area contributed by atoms with Gasteiger partial charge in [0.05, 0.1) is 5.69 Å². The molecular formula is C12H11N3O3. The Morgan fingerprint density at radius 3 is 2.56 bits per heavy atom. The van der Waals surface area contributed by atoms with Crippen LogP contribution in [0.15, 0.2) is 47.7 Å². The molecule has 2 rings (SSSR count). The van der Waals surface area contributed by atoms with Crippen molar-refractivity contribution in [2.45, 2.75) is 12.5 Å². The molecule has 2 aromatic heterocycles. The molecule has 92 valence electrons. The minimum atomic E-state index is -1.58. The lowest BCUT2D eigenvalue weighted by molar-refractivity contribution is -0.144. The van der Waals surface area contributed by atoms with E-state index in [-0.39, 0.29) is 5.69 Å². The number of hydrogen-bond acceptors (Lipinski definition) is 4. The SMILES string of the molecule is CC(C(=O)O)(c1ccccn1)n1cccnc1=O. The van der Waals surface area contributed by atoms with Crippen LogP contribution < -0.4 is 5.69 Å². The molecule has 0 aliphatic carbocycles. The van der Waals surface area contributed by atoms with E-state index in [2.05, 4.69) is 9.97 Å². The minimum Gasteiger partial charge on any atom is -0.479 e. The summed E-state index contributed by atoms with van der Waals surface area (Å²) in [6.45, 7) is 1.42. The Kier molecular flexibility index (Phi) is 2.93. The van der Waals surface area contributed by atoms with Crippen molar-refractivity contribution in [3.8, 4) is 0 Å². The van der Waals surface area contributed by atoms with Gasteiger partial charge in [0.15, 0.2) is 5.54 Å². The maximum absolute atomic E-state index is 11.7. The highest BCUT2D eigenvalue weighted by molar-refractivity contribution is 5.80. The molecule has 1 N–H and O–H groups in total. The second-order valence-corrected chi connectivity index (χ2v) is 3.86. The van der Waals surface area contributed by atoms with Gasteiger partial charge >= 0.3 is 11.7 Å². The van der Waals surface area contributed by atoms with Gasteiger partial charge in [-0.1, -0.05) is 6.07 Å². The lowest BCUT2D eigenvalue weighted by atomic mass is 9.97. The predicted molar refractivity (Wildman–Crippen MR) is 63.1 cm³/mol. The van der Waals surface area contributed by atoms with E-state index in [4.69, 9.17) is 0 Å². The van der Waals surface area contributed by atoms with Crippen LogP contribution in [0.1, 0.15) is 12.6 Å². The van der Waals surface area contributed by atoms with Crippen LogP contribution in [-0.4, -0.2) is 25.6 Å². The fraction of sp³-hybridized carbons (Fsp3) is 0.167. The molecule has 0 radical (unpaired) electrons. The Morgan fingerprint density at radius 2 is 2.00 bits per heavy atom. The molecule has 6 heteroatoms. The first-order chi connectivity index (χ1) is 8.56. The van der Waals surface area contributed by atoms with E-state index in [1.807, 2.05) is 0 Å². The Hall–Kier alpha value is -2.50. The van der Waals surface area contributed by atoms with Gasteiger partial charge in [-0.05, 0) is 25.1 Å².